The maximum atomic E-state index is 12.0. The Bertz CT molecular complexity index is 427. The number of carbonyl (C=O) groups is 1. The number of hydrogen-bond donors (Lipinski definition) is 1. The molecule has 2 fully saturated rings. The summed E-state index contributed by atoms with van der Waals surface area (Å²) in [5.41, 5.74) is 1.03. The van der Waals surface area contributed by atoms with Crippen molar-refractivity contribution in [2.45, 2.75) is 31.5 Å². The number of benzene rings is 1. The van der Waals surface area contributed by atoms with Crippen LogP contribution in [0.4, 0.5) is 4.79 Å². The number of likely N-dealkylation sites (tertiary alicyclic amines) is 1. The number of nitrogens with zero attached hydrogens (tertiary/aromatic N) is 1. The van der Waals surface area contributed by atoms with Gasteiger partial charge in [0.05, 0.1) is 6.04 Å². The zero-order valence-electron chi connectivity index (χ0n) is 10.7. The summed E-state index contributed by atoms with van der Waals surface area (Å²) in [4.78, 5) is 13.9. The number of carbonyl (C=O) groups excluding carboxylic acids is 1. The molecule has 4 nitrogen and oxygen atoms in total. The number of nitrogens with one attached hydrogen (secondary N) is 1. The van der Waals surface area contributed by atoms with Crippen LogP contribution in [0.5, 0.6) is 0 Å². The molecule has 1 aromatic carbocycles. The summed E-state index contributed by atoms with van der Waals surface area (Å²) in [6, 6.07) is 10.6. The molecule has 2 heterocycles. The molecule has 2 aliphatic heterocycles. The van der Waals surface area contributed by atoms with Crippen molar-refractivity contribution >= 4 is 18.5 Å². The molecule has 1 N–H and O–H groups in total. The van der Waals surface area contributed by atoms with Crippen molar-refractivity contribution in [3.05, 3.63) is 35.9 Å². The number of fused-ring (bicyclic) bond motifs is 1. The summed E-state index contributed by atoms with van der Waals surface area (Å²) >= 11 is 0. The predicted molar refractivity (Wildman–Crippen MR) is 75.4 cm³/mol. The van der Waals surface area contributed by atoms with Crippen molar-refractivity contribution < 1.29 is 9.53 Å². The first-order chi connectivity index (χ1) is 8.84. The minimum atomic E-state index is -0.171. The van der Waals surface area contributed by atoms with Crippen LogP contribution in [0, 0.1) is 0 Å². The number of amides is 1. The van der Waals surface area contributed by atoms with Crippen molar-refractivity contribution in [3.8, 4) is 0 Å². The van der Waals surface area contributed by atoms with E-state index in [0.29, 0.717) is 18.7 Å². The molecule has 5 heteroatoms. The van der Waals surface area contributed by atoms with Gasteiger partial charge in [0.2, 0.25) is 0 Å². The van der Waals surface area contributed by atoms with Gasteiger partial charge in [-0.3, -0.25) is 0 Å². The highest BCUT2D eigenvalue weighted by molar-refractivity contribution is 5.85. The van der Waals surface area contributed by atoms with Gasteiger partial charge in [-0.2, -0.15) is 0 Å². The monoisotopic (exact) mass is 282 g/mol. The van der Waals surface area contributed by atoms with E-state index in [1.165, 1.54) is 0 Å². The molecule has 104 valence electrons. The van der Waals surface area contributed by atoms with Crippen LogP contribution in [-0.4, -0.2) is 36.2 Å². The second-order valence-corrected chi connectivity index (χ2v) is 4.94. The summed E-state index contributed by atoms with van der Waals surface area (Å²) in [7, 11) is 0. The van der Waals surface area contributed by atoms with E-state index in [1.807, 2.05) is 35.2 Å². The van der Waals surface area contributed by atoms with Gasteiger partial charge in [-0.15, -0.1) is 12.4 Å². The average molecular weight is 283 g/mol. The van der Waals surface area contributed by atoms with E-state index in [4.69, 9.17) is 4.74 Å². The van der Waals surface area contributed by atoms with Gasteiger partial charge in [0.25, 0.3) is 0 Å². The lowest BCUT2D eigenvalue weighted by Gasteiger charge is -2.22. The van der Waals surface area contributed by atoms with E-state index in [-0.39, 0.29) is 18.5 Å². The van der Waals surface area contributed by atoms with E-state index >= 15 is 0 Å². The highest BCUT2D eigenvalue weighted by Gasteiger charge is 2.40. The normalized spacial score (nSPS) is 24.7. The van der Waals surface area contributed by atoms with E-state index in [9.17, 15) is 4.79 Å². The predicted octanol–water partition coefficient (Wildman–Crippen LogP) is 2.18. The quantitative estimate of drug-likeness (QED) is 0.904. The van der Waals surface area contributed by atoms with Crippen LogP contribution in [0.25, 0.3) is 0 Å². The fourth-order valence-corrected chi connectivity index (χ4v) is 2.89. The average Bonchev–Trinajstić information content (AvgIpc) is 2.99. The van der Waals surface area contributed by atoms with Gasteiger partial charge in [0, 0.05) is 12.6 Å². The smallest absolute Gasteiger partial charge is 0.410 e. The maximum Gasteiger partial charge on any atom is 0.410 e. The molecule has 0 bridgehead atoms. The summed E-state index contributed by atoms with van der Waals surface area (Å²) in [6.45, 7) is 2.19. The van der Waals surface area contributed by atoms with E-state index in [2.05, 4.69) is 5.32 Å². The van der Waals surface area contributed by atoms with Gasteiger partial charge < -0.3 is 15.0 Å². The molecule has 0 spiro atoms. The van der Waals surface area contributed by atoms with Gasteiger partial charge in [-0.1, -0.05) is 30.3 Å². The minimum Gasteiger partial charge on any atom is -0.445 e. The number of hydrogen-bond acceptors (Lipinski definition) is 3. The van der Waals surface area contributed by atoms with Crippen molar-refractivity contribution in [3.63, 3.8) is 0 Å². The summed E-state index contributed by atoms with van der Waals surface area (Å²) in [6.07, 6.45) is 1.92. The van der Waals surface area contributed by atoms with Gasteiger partial charge in [-0.25, -0.2) is 4.79 Å². The molecule has 2 saturated heterocycles. The number of halogens is 1. The molecule has 2 aliphatic rings. The molecule has 0 radical (unpaired) electrons. The molecule has 3 rings (SSSR count). The summed E-state index contributed by atoms with van der Waals surface area (Å²) in [5.74, 6) is 0. The van der Waals surface area contributed by atoms with Crippen LogP contribution in [0.15, 0.2) is 30.3 Å². The Morgan fingerprint density at radius 3 is 2.89 bits per heavy atom. The SMILES string of the molecule is Cl.O=C(OCc1ccccc1)N1CC[C@H]2NCC[C@H]21. The van der Waals surface area contributed by atoms with Crippen LogP contribution in [0.2, 0.25) is 0 Å². The van der Waals surface area contributed by atoms with E-state index in [1.54, 1.807) is 0 Å². The second kappa shape index (κ2) is 6.26. The first kappa shape index (κ1) is 14.2. The summed E-state index contributed by atoms with van der Waals surface area (Å²) < 4.78 is 5.38. The third kappa shape index (κ3) is 3.01. The van der Waals surface area contributed by atoms with Crippen LogP contribution in [0.3, 0.4) is 0 Å². The van der Waals surface area contributed by atoms with Crippen molar-refractivity contribution in [1.29, 1.82) is 0 Å². The highest BCUT2D eigenvalue weighted by Crippen LogP contribution is 2.25. The van der Waals surface area contributed by atoms with Gasteiger partial charge in [0.1, 0.15) is 6.61 Å². The van der Waals surface area contributed by atoms with Crippen molar-refractivity contribution in [1.82, 2.24) is 10.2 Å². The molecular formula is C14H19ClN2O2. The molecule has 0 aliphatic carbocycles. The number of ether oxygens (including phenoxy) is 1. The number of rotatable bonds is 2. The lowest BCUT2D eigenvalue weighted by Crippen LogP contribution is -2.38. The molecule has 0 unspecified atom stereocenters. The lowest BCUT2D eigenvalue weighted by molar-refractivity contribution is 0.0922. The molecule has 1 amide bonds. The maximum absolute atomic E-state index is 12.0. The molecule has 1 aromatic rings. The van der Waals surface area contributed by atoms with Crippen LogP contribution >= 0.6 is 12.4 Å². The Morgan fingerprint density at radius 1 is 1.32 bits per heavy atom. The van der Waals surface area contributed by atoms with Gasteiger partial charge >= 0.3 is 6.09 Å². The molecule has 0 saturated carbocycles. The Balaban J connectivity index is 0.00000133. The molecular weight excluding hydrogens is 264 g/mol. The van der Waals surface area contributed by atoms with E-state index in [0.717, 1.165) is 31.5 Å². The first-order valence-electron chi connectivity index (χ1n) is 6.55. The fraction of sp³-hybridized carbons (Fsp3) is 0.500. The largest absolute Gasteiger partial charge is 0.445 e. The topological polar surface area (TPSA) is 41.6 Å². The minimum absolute atomic E-state index is 0. The van der Waals surface area contributed by atoms with Gasteiger partial charge in [-0.05, 0) is 24.9 Å². The Labute approximate surface area is 119 Å². The molecule has 0 aromatic heterocycles. The van der Waals surface area contributed by atoms with Crippen molar-refractivity contribution in [2.24, 2.45) is 0 Å². The second-order valence-electron chi connectivity index (χ2n) is 4.94. The third-order valence-electron chi connectivity index (χ3n) is 3.83. The standard InChI is InChI=1S/C14H18N2O2.ClH/c17-14(18-10-11-4-2-1-3-5-11)16-9-7-12-13(16)6-8-15-12;/h1-5,12-13,15H,6-10H2;1H/t12-,13-;/m1./s1. The van der Waals surface area contributed by atoms with Gasteiger partial charge in [0.15, 0.2) is 0 Å². The summed E-state index contributed by atoms with van der Waals surface area (Å²) in [5, 5.41) is 3.43. The Kier molecular flexibility index (Phi) is 4.66. The zero-order valence-corrected chi connectivity index (χ0v) is 11.6. The highest BCUT2D eigenvalue weighted by atomic mass is 35.5. The zero-order chi connectivity index (χ0) is 12.4. The third-order valence-corrected chi connectivity index (χ3v) is 3.83. The van der Waals surface area contributed by atoms with Crippen molar-refractivity contribution in [2.75, 3.05) is 13.1 Å². The fourth-order valence-electron chi connectivity index (χ4n) is 2.89. The van der Waals surface area contributed by atoms with Crippen LogP contribution < -0.4 is 5.32 Å². The molecule has 2 atom stereocenters. The first-order valence-corrected chi connectivity index (χ1v) is 6.55. The molecule has 19 heavy (non-hydrogen) atoms. The Hall–Kier alpha value is -1.26. The Morgan fingerprint density at radius 2 is 2.11 bits per heavy atom. The van der Waals surface area contributed by atoms with Crippen LogP contribution in [0.1, 0.15) is 18.4 Å². The lowest BCUT2D eigenvalue weighted by atomic mass is 10.1. The van der Waals surface area contributed by atoms with Crippen LogP contribution in [-0.2, 0) is 11.3 Å². The van der Waals surface area contributed by atoms with E-state index < -0.39 is 0 Å².